The number of hydrogen-bond donors (Lipinski definition) is 0. The summed E-state index contributed by atoms with van der Waals surface area (Å²) >= 11 is 3.10. The minimum Gasteiger partial charge on any atom is -0.337 e. The van der Waals surface area contributed by atoms with Gasteiger partial charge in [-0.15, -0.1) is 22.7 Å². The Morgan fingerprint density at radius 3 is 2.89 bits per heavy atom. The summed E-state index contributed by atoms with van der Waals surface area (Å²) in [7, 11) is 0. The highest BCUT2D eigenvalue weighted by atomic mass is 32.1. The Labute approximate surface area is 164 Å². The van der Waals surface area contributed by atoms with Crippen LogP contribution in [-0.2, 0) is 0 Å². The molecular formula is C21H17FN2OS2. The predicted molar refractivity (Wildman–Crippen MR) is 109 cm³/mol. The Hall–Kier alpha value is -2.31. The molecule has 0 saturated carbocycles. The van der Waals surface area contributed by atoms with Gasteiger partial charge in [-0.2, -0.15) is 0 Å². The second-order valence-electron chi connectivity index (χ2n) is 6.90. The van der Waals surface area contributed by atoms with Crippen molar-refractivity contribution in [3.05, 3.63) is 64.2 Å². The standard InChI is InChI=1S/C21H17FN2OS2/c22-15-8-7-13-10-19(26-18(13)11-15)21(25)24-9-3-4-14(12-24)20-23-16-5-1-2-6-17(16)27-20/h1-2,5-8,10-11,14H,3-4,9,12H2/t14-/m0/s1. The van der Waals surface area contributed by atoms with Crippen LogP contribution in [0.25, 0.3) is 20.3 Å². The zero-order valence-corrected chi connectivity index (χ0v) is 16.2. The van der Waals surface area contributed by atoms with Gasteiger partial charge in [0.05, 0.1) is 20.1 Å². The molecule has 2 aromatic heterocycles. The highest BCUT2D eigenvalue weighted by Gasteiger charge is 2.28. The first-order valence-corrected chi connectivity index (χ1v) is 10.6. The van der Waals surface area contributed by atoms with E-state index in [9.17, 15) is 9.18 Å². The highest BCUT2D eigenvalue weighted by molar-refractivity contribution is 7.20. The van der Waals surface area contributed by atoms with Gasteiger partial charge in [-0.05, 0) is 48.6 Å². The van der Waals surface area contributed by atoms with Crippen LogP contribution >= 0.6 is 22.7 Å². The van der Waals surface area contributed by atoms with E-state index in [1.165, 1.54) is 28.2 Å². The predicted octanol–water partition coefficient (Wildman–Crippen LogP) is 5.67. The van der Waals surface area contributed by atoms with E-state index in [0.717, 1.165) is 40.0 Å². The summed E-state index contributed by atoms with van der Waals surface area (Å²) in [6.07, 6.45) is 2.03. The third kappa shape index (κ3) is 3.13. The zero-order valence-electron chi connectivity index (χ0n) is 14.5. The summed E-state index contributed by atoms with van der Waals surface area (Å²) in [4.78, 5) is 20.4. The topological polar surface area (TPSA) is 33.2 Å². The fourth-order valence-electron chi connectivity index (χ4n) is 3.69. The number of aromatic nitrogens is 1. The van der Waals surface area contributed by atoms with Crippen molar-refractivity contribution in [1.29, 1.82) is 0 Å². The van der Waals surface area contributed by atoms with E-state index in [1.54, 1.807) is 17.4 Å². The van der Waals surface area contributed by atoms with Crippen molar-refractivity contribution in [3.8, 4) is 0 Å². The lowest BCUT2D eigenvalue weighted by molar-refractivity contribution is 0.0712. The van der Waals surface area contributed by atoms with Crippen LogP contribution < -0.4 is 0 Å². The minimum absolute atomic E-state index is 0.0439. The molecule has 6 heteroatoms. The summed E-state index contributed by atoms with van der Waals surface area (Å²) in [5, 5.41) is 2.04. The monoisotopic (exact) mass is 396 g/mol. The largest absolute Gasteiger partial charge is 0.337 e. The average molecular weight is 397 g/mol. The van der Waals surface area contributed by atoms with E-state index in [-0.39, 0.29) is 17.6 Å². The molecule has 0 bridgehead atoms. The van der Waals surface area contributed by atoms with Gasteiger partial charge in [-0.25, -0.2) is 9.37 Å². The third-order valence-electron chi connectivity index (χ3n) is 5.06. The van der Waals surface area contributed by atoms with Crippen molar-refractivity contribution in [1.82, 2.24) is 9.88 Å². The molecule has 1 atom stereocenters. The molecule has 0 radical (unpaired) electrons. The van der Waals surface area contributed by atoms with Gasteiger partial charge in [-0.1, -0.05) is 18.2 Å². The molecule has 1 aliphatic heterocycles. The van der Waals surface area contributed by atoms with E-state index in [2.05, 4.69) is 6.07 Å². The SMILES string of the molecule is O=C(c1cc2ccc(F)cc2s1)N1CCC[C@H](c2nc3ccccc3s2)C1. The highest BCUT2D eigenvalue weighted by Crippen LogP contribution is 2.34. The second-order valence-corrected chi connectivity index (χ2v) is 9.05. The number of amides is 1. The van der Waals surface area contributed by atoms with Crippen molar-refractivity contribution >= 4 is 48.9 Å². The number of nitrogens with zero attached hydrogens (tertiary/aromatic N) is 2. The van der Waals surface area contributed by atoms with Crippen molar-refractivity contribution in [2.45, 2.75) is 18.8 Å². The zero-order chi connectivity index (χ0) is 18.4. The van der Waals surface area contributed by atoms with Crippen LogP contribution in [0.4, 0.5) is 4.39 Å². The van der Waals surface area contributed by atoms with E-state index in [1.807, 2.05) is 29.2 Å². The van der Waals surface area contributed by atoms with Crippen LogP contribution in [-0.4, -0.2) is 28.9 Å². The molecule has 5 rings (SSSR count). The van der Waals surface area contributed by atoms with E-state index in [4.69, 9.17) is 4.98 Å². The van der Waals surface area contributed by atoms with Crippen molar-refractivity contribution in [3.63, 3.8) is 0 Å². The normalized spacial score (nSPS) is 17.7. The number of halogens is 1. The molecule has 3 nitrogen and oxygen atoms in total. The van der Waals surface area contributed by atoms with E-state index < -0.39 is 0 Å². The molecule has 1 amide bonds. The lowest BCUT2D eigenvalue weighted by Crippen LogP contribution is -2.38. The van der Waals surface area contributed by atoms with Crippen LogP contribution in [0.1, 0.15) is 33.4 Å². The molecule has 2 aromatic carbocycles. The Balaban J connectivity index is 1.40. The summed E-state index contributed by atoms with van der Waals surface area (Å²) in [5.74, 6) is 0.0616. The van der Waals surface area contributed by atoms with Crippen LogP contribution in [0.3, 0.4) is 0 Å². The van der Waals surface area contributed by atoms with Gasteiger partial charge < -0.3 is 4.90 Å². The Kier molecular flexibility index (Phi) is 4.17. The molecule has 136 valence electrons. The molecule has 27 heavy (non-hydrogen) atoms. The quantitative estimate of drug-likeness (QED) is 0.437. The molecule has 0 aliphatic carbocycles. The maximum Gasteiger partial charge on any atom is 0.263 e. The van der Waals surface area contributed by atoms with Gasteiger partial charge in [0.25, 0.3) is 5.91 Å². The minimum atomic E-state index is -0.266. The number of benzene rings is 2. The number of carbonyl (C=O) groups excluding carboxylic acids is 1. The van der Waals surface area contributed by atoms with Gasteiger partial charge in [-0.3, -0.25) is 4.79 Å². The number of thiophene rings is 1. The van der Waals surface area contributed by atoms with Gasteiger partial charge >= 0.3 is 0 Å². The first kappa shape index (κ1) is 16.8. The molecule has 0 spiro atoms. The first-order chi connectivity index (χ1) is 13.2. The Morgan fingerprint density at radius 1 is 1.11 bits per heavy atom. The summed E-state index contributed by atoms with van der Waals surface area (Å²) in [6, 6.07) is 14.7. The van der Waals surface area contributed by atoms with Gasteiger partial charge in [0.1, 0.15) is 5.82 Å². The Bertz CT molecular complexity index is 1120. The number of piperidine rings is 1. The number of likely N-dealkylation sites (tertiary alicyclic amines) is 1. The molecule has 1 saturated heterocycles. The van der Waals surface area contributed by atoms with Gasteiger partial charge in [0.15, 0.2) is 0 Å². The fraction of sp³-hybridized carbons (Fsp3) is 0.238. The van der Waals surface area contributed by atoms with Crippen LogP contribution in [0.15, 0.2) is 48.5 Å². The van der Waals surface area contributed by atoms with E-state index in [0.29, 0.717) is 11.4 Å². The average Bonchev–Trinajstić information content (AvgIpc) is 3.31. The van der Waals surface area contributed by atoms with Crippen molar-refractivity contribution < 1.29 is 9.18 Å². The van der Waals surface area contributed by atoms with E-state index >= 15 is 0 Å². The molecule has 0 N–H and O–H groups in total. The molecule has 0 unspecified atom stereocenters. The van der Waals surface area contributed by atoms with Crippen molar-refractivity contribution in [2.75, 3.05) is 13.1 Å². The lowest BCUT2D eigenvalue weighted by Gasteiger charge is -2.31. The number of fused-ring (bicyclic) bond motifs is 2. The molecule has 4 aromatic rings. The lowest BCUT2D eigenvalue weighted by atomic mass is 9.98. The number of carbonyl (C=O) groups is 1. The third-order valence-corrected chi connectivity index (χ3v) is 7.35. The maximum atomic E-state index is 13.4. The van der Waals surface area contributed by atoms with Crippen molar-refractivity contribution in [2.24, 2.45) is 0 Å². The molecule has 3 heterocycles. The van der Waals surface area contributed by atoms with Crippen LogP contribution in [0.2, 0.25) is 0 Å². The van der Waals surface area contributed by atoms with Gasteiger partial charge in [0, 0.05) is 23.7 Å². The summed E-state index contributed by atoms with van der Waals surface area (Å²) in [6.45, 7) is 1.46. The second kappa shape index (κ2) is 6.69. The number of hydrogen-bond acceptors (Lipinski definition) is 4. The molecular weight excluding hydrogens is 379 g/mol. The van der Waals surface area contributed by atoms with Crippen LogP contribution in [0.5, 0.6) is 0 Å². The Morgan fingerprint density at radius 2 is 2.00 bits per heavy atom. The van der Waals surface area contributed by atoms with Gasteiger partial charge in [0.2, 0.25) is 0 Å². The first-order valence-electron chi connectivity index (χ1n) is 9.01. The summed E-state index contributed by atoms with van der Waals surface area (Å²) < 4.78 is 15.4. The number of thiazole rings is 1. The smallest absolute Gasteiger partial charge is 0.263 e. The summed E-state index contributed by atoms with van der Waals surface area (Å²) in [5.41, 5.74) is 1.03. The van der Waals surface area contributed by atoms with Crippen LogP contribution in [0, 0.1) is 5.82 Å². The maximum absolute atomic E-state index is 13.4. The number of rotatable bonds is 2. The molecule has 1 fully saturated rings. The molecule has 1 aliphatic rings. The number of para-hydroxylation sites is 1. The fourth-order valence-corrected chi connectivity index (χ4v) is 5.84.